The molecule has 0 saturated carbocycles. The van der Waals surface area contributed by atoms with Crippen LogP contribution in [0.3, 0.4) is 0 Å². The van der Waals surface area contributed by atoms with Crippen LogP contribution in [0.1, 0.15) is 324 Å². The maximum atomic E-state index is 5.61. The highest BCUT2D eigenvalue weighted by Crippen LogP contribution is 2.41. The molecule has 0 bridgehead atoms. The van der Waals surface area contributed by atoms with Gasteiger partial charge in [-0.3, -0.25) is 0 Å². The Labute approximate surface area is 759 Å². The average molecular weight is 1710 g/mol. The van der Waals surface area contributed by atoms with Crippen LogP contribution in [0.5, 0.6) is 34.5 Å². The van der Waals surface area contributed by atoms with Gasteiger partial charge in [0.2, 0.25) is 6.79 Å². The molecule has 13 nitrogen and oxygen atoms in total. The van der Waals surface area contributed by atoms with E-state index in [1.54, 1.807) is 0 Å². The van der Waals surface area contributed by atoms with Crippen molar-refractivity contribution in [2.45, 2.75) is 275 Å². The molecule has 0 radical (unpaired) electrons. The third-order valence-electron chi connectivity index (χ3n) is 25.0. The Hall–Kier alpha value is -10.4. The minimum absolute atomic E-state index is 0.360. The summed E-state index contributed by atoms with van der Waals surface area (Å²) in [5.74, 6) is 11.8. The van der Waals surface area contributed by atoms with E-state index >= 15 is 0 Å². The van der Waals surface area contributed by atoms with Gasteiger partial charge < -0.3 is 65.6 Å². The molecule has 0 unspecified atom stereocenters. The van der Waals surface area contributed by atoms with E-state index < -0.39 is 0 Å². The Bertz CT molecular complexity index is 4610. The number of hydrogen-bond donors (Lipinski definition) is 7. The van der Waals surface area contributed by atoms with Crippen LogP contribution >= 0.6 is 0 Å². The summed E-state index contributed by atoms with van der Waals surface area (Å²) in [5, 5.41) is 23.6. The van der Waals surface area contributed by atoms with Crippen molar-refractivity contribution in [1.82, 2.24) is 0 Å². The minimum atomic E-state index is 0.360. The van der Waals surface area contributed by atoms with Crippen molar-refractivity contribution in [2.75, 3.05) is 110 Å². The number of aryl methyl sites for hydroxylation is 4. The van der Waals surface area contributed by atoms with Gasteiger partial charge in [-0.05, 0) is 292 Å². The van der Waals surface area contributed by atoms with Crippen LogP contribution in [-0.4, -0.2) is 72.6 Å². The number of hydrogen-bond acceptors (Lipinski definition) is 13. The first-order chi connectivity index (χ1) is 60.7. The lowest BCUT2D eigenvalue weighted by molar-refractivity contribution is 0.173. The predicted molar refractivity (Wildman–Crippen MR) is 537 cm³/mol. The molecule has 10 aromatic carbocycles. The highest BCUT2D eigenvalue weighted by atomic mass is 16.7. The SMILES string of the molecule is CC(C)c1ccc2c(c1)CCN2.CC(C)c1ccc2c(c1)NCC2.CC(C)c1ccc2c(c1)NCCC2.CC(C)c1ccc2c(c1)NCCC2.CC(C)c1ccc2c(c1)NCN2.CC(C)c1ccc2c(c1)OCCC2.CC(C)c1ccc2c(c1)OCCC2.CC(C)c1ccc2c(c1)OCCCO2.CC(C)c1cccc2c1CCN2.CC(C)c1cccc2c1OCO2. The third kappa shape index (κ3) is 27.8. The normalized spacial score (nSPS) is 14.8. The van der Waals surface area contributed by atoms with E-state index in [1.165, 1.54) is 192 Å². The Morgan fingerprint density at radius 2 is 0.579 bits per heavy atom. The number of ether oxygens (including phenoxy) is 6. The van der Waals surface area contributed by atoms with Crippen LogP contribution in [-0.2, 0) is 44.9 Å². The Kier molecular flexibility index (Phi) is 36.6. The standard InChI is InChI=1S/2C12H17N.C12H16O2.2C12H16O.3C11H15N.C10H14N2.C10H12O2/c2*1-9(2)11-6-5-10-4-3-7-13-12(10)8-11;1-9(2)10-4-5-11-12(8-10)14-7-3-6-13-11;2*1-9(2)11-6-5-10-4-3-7-13-12(10)8-11;1-8(2)9-3-4-11-10(7-9)5-6-12-11;1-8(2)10-4-3-9-5-6-12-11(9)7-10;1-8(2)9-4-3-5-11-10(9)6-7-12-11;1-7(2)8-3-4-9-10(5-8)12-6-11-9;1-7(2)8-4-3-5-9-10(8)12-6-11-9/h2*5-6,8-9,13H,3-4,7H2,1-2H3;4-5,8-9H,3,6-7H2,1-2H3;2*5-6,8-9H,3-4,7H2,1-2H3;2*3-4,7-8,12H,5-6H2,1-2H3;3-5,8,12H,6-7H2,1-2H3;3-5,7,11-12H,6H2,1-2H3;3-5,7H,6H2,1-2H3. The number of fused-ring (bicyclic) bond motifs is 10. The molecule has 10 heterocycles. The Morgan fingerprint density at radius 3 is 1.10 bits per heavy atom. The predicted octanol–water partition coefficient (Wildman–Crippen LogP) is 29.1. The van der Waals surface area contributed by atoms with Gasteiger partial charge in [-0.1, -0.05) is 248 Å². The summed E-state index contributed by atoms with van der Waals surface area (Å²) in [7, 11) is 0. The smallest absolute Gasteiger partial charge is 0.231 e. The van der Waals surface area contributed by atoms with Gasteiger partial charge >= 0.3 is 0 Å². The van der Waals surface area contributed by atoms with Gasteiger partial charge in [0, 0.05) is 73.1 Å². The zero-order valence-corrected chi connectivity index (χ0v) is 80.3. The molecule has 0 fully saturated rings. The molecule has 126 heavy (non-hydrogen) atoms. The number of anilines is 7. The average Bonchev–Trinajstić information content (AvgIpc) is 1.57. The lowest BCUT2D eigenvalue weighted by Gasteiger charge is -2.19. The minimum Gasteiger partial charge on any atom is -0.493 e. The van der Waals surface area contributed by atoms with Gasteiger partial charge in [-0.25, -0.2) is 0 Å². The fourth-order valence-electron chi connectivity index (χ4n) is 16.8. The number of nitrogens with one attached hydrogen (secondary N) is 7. The highest BCUT2D eigenvalue weighted by molar-refractivity contribution is 5.74. The van der Waals surface area contributed by atoms with Crippen molar-refractivity contribution < 1.29 is 28.4 Å². The molecule has 0 atom stereocenters. The summed E-state index contributed by atoms with van der Waals surface area (Å²) >= 11 is 0. The molecule has 13 heteroatoms. The van der Waals surface area contributed by atoms with Crippen molar-refractivity contribution >= 4 is 39.8 Å². The molecule has 676 valence electrons. The largest absolute Gasteiger partial charge is 0.493 e. The molecule has 0 amide bonds. The van der Waals surface area contributed by atoms with Gasteiger partial charge in [-0.15, -0.1) is 0 Å². The second-order valence-corrected chi connectivity index (χ2v) is 38.0. The Morgan fingerprint density at radius 1 is 0.214 bits per heavy atom. The van der Waals surface area contributed by atoms with E-state index in [9.17, 15) is 0 Å². The van der Waals surface area contributed by atoms with Gasteiger partial charge in [0.1, 0.15) is 11.5 Å². The first-order valence-electron chi connectivity index (χ1n) is 48.0. The molecule has 0 aliphatic carbocycles. The third-order valence-corrected chi connectivity index (χ3v) is 25.0. The fourth-order valence-corrected chi connectivity index (χ4v) is 16.8. The summed E-state index contributed by atoms with van der Waals surface area (Å²) in [4.78, 5) is 0. The van der Waals surface area contributed by atoms with Crippen LogP contribution in [0, 0.1) is 0 Å². The topological polar surface area (TPSA) is 140 Å². The lowest BCUT2D eigenvalue weighted by Crippen LogP contribution is -2.11. The van der Waals surface area contributed by atoms with Gasteiger partial charge in [0.25, 0.3) is 0 Å². The summed E-state index contributed by atoms with van der Waals surface area (Å²) in [5.41, 5.74) is 33.4. The molecule has 7 N–H and O–H groups in total. The monoisotopic (exact) mass is 1700 g/mol. The lowest BCUT2D eigenvalue weighted by atomic mass is 9.96. The van der Waals surface area contributed by atoms with Crippen LogP contribution < -0.4 is 65.6 Å². The number of benzene rings is 10. The first-order valence-corrected chi connectivity index (χ1v) is 48.0. The van der Waals surface area contributed by atoms with Crippen LogP contribution in [0.25, 0.3) is 0 Å². The van der Waals surface area contributed by atoms with Crippen molar-refractivity contribution in [1.29, 1.82) is 0 Å². The molecule has 10 aliphatic rings. The van der Waals surface area contributed by atoms with Crippen molar-refractivity contribution in [2.24, 2.45) is 0 Å². The maximum Gasteiger partial charge on any atom is 0.231 e. The van der Waals surface area contributed by atoms with Crippen molar-refractivity contribution in [3.05, 3.63) is 277 Å². The van der Waals surface area contributed by atoms with E-state index in [-0.39, 0.29) is 0 Å². The molecule has 20 rings (SSSR count). The molecule has 10 aromatic rings. The molecular formula is C113H153N7O6. The van der Waals surface area contributed by atoms with Crippen LogP contribution in [0.4, 0.5) is 39.8 Å². The van der Waals surface area contributed by atoms with Gasteiger partial charge in [0.15, 0.2) is 23.0 Å². The highest BCUT2D eigenvalue weighted by Gasteiger charge is 2.22. The van der Waals surface area contributed by atoms with Crippen molar-refractivity contribution in [3.8, 4) is 34.5 Å². The van der Waals surface area contributed by atoms with E-state index in [0.717, 1.165) is 120 Å². The Balaban J connectivity index is 0.000000136. The number of rotatable bonds is 10. The first kappa shape index (κ1) is 96.2. The quantitative estimate of drug-likeness (QED) is 0.0700. The summed E-state index contributed by atoms with van der Waals surface area (Å²) in [6.07, 6.45) is 14.2. The molecule has 10 aliphatic heterocycles. The van der Waals surface area contributed by atoms with E-state index in [0.29, 0.717) is 66.0 Å². The van der Waals surface area contributed by atoms with Crippen LogP contribution in [0.15, 0.2) is 182 Å². The van der Waals surface area contributed by atoms with E-state index in [2.05, 4.69) is 339 Å². The second kappa shape index (κ2) is 48.0. The van der Waals surface area contributed by atoms with E-state index in [4.69, 9.17) is 28.4 Å². The summed E-state index contributed by atoms with van der Waals surface area (Å²) < 4.78 is 33.0. The van der Waals surface area contributed by atoms with Crippen molar-refractivity contribution in [3.63, 3.8) is 0 Å². The summed E-state index contributed by atoms with van der Waals surface area (Å²) in [6, 6.07) is 65.8. The second-order valence-electron chi connectivity index (χ2n) is 38.0. The molecule has 0 aromatic heterocycles. The maximum absolute atomic E-state index is 5.61. The molecule has 0 saturated heterocycles. The summed E-state index contributed by atoms with van der Waals surface area (Å²) in [6.45, 7) is 54.5. The molecule has 0 spiro atoms. The van der Waals surface area contributed by atoms with Gasteiger partial charge in [-0.2, -0.15) is 0 Å². The number of para-hydroxylation sites is 1. The zero-order chi connectivity index (χ0) is 89.8. The van der Waals surface area contributed by atoms with Crippen LogP contribution in [0.2, 0.25) is 0 Å². The fraction of sp³-hybridized carbons (Fsp3) is 0.469. The zero-order valence-electron chi connectivity index (χ0n) is 80.3. The van der Waals surface area contributed by atoms with E-state index in [1.807, 2.05) is 18.2 Å². The molecular weight excluding hydrogens is 1550 g/mol. The van der Waals surface area contributed by atoms with Gasteiger partial charge in [0.05, 0.1) is 44.5 Å².